The molecule has 3 heterocycles. The van der Waals surface area contributed by atoms with E-state index >= 15 is 0 Å². The van der Waals surface area contributed by atoms with Gasteiger partial charge in [0.2, 0.25) is 0 Å². The number of rotatable bonds is 11. The van der Waals surface area contributed by atoms with Crippen molar-refractivity contribution in [3.8, 4) is 5.75 Å². The number of aliphatic carboxylic acids is 1. The number of imidazole rings is 1. The number of benzene rings is 1. The third-order valence-electron chi connectivity index (χ3n) is 6.99. The summed E-state index contributed by atoms with van der Waals surface area (Å²) in [4.78, 5) is 22.5. The first-order chi connectivity index (χ1) is 16.9. The summed E-state index contributed by atoms with van der Waals surface area (Å²) in [5.74, 6) is 1.29. The number of fused-ring (bicyclic) bond motifs is 1. The molecule has 1 aromatic carbocycles. The molecule has 0 radical (unpaired) electrons. The summed E-state index contributed by atoms with van der Waals surface area (Å²) in [6.07, 6.45) is 7.27. The maximum atomic E-state index is 11.6. The van der Waals surface area contributed by atoms with E-state index < -0.39 is 12.1 Å². The number of hydrogen-bond donors (Lipinski definition) is 2. The van der Waals surface area contributed by atoms with Crippen LogP contribution in [0.25, 0.3) is 10.9 Å². The second kappa shape index (κ2) is 11.9. The molecule has 9 heteroatoms. The fourth-order valence-corrected chi connectivity index (χ4v) is 5.99. The van der Waals surface area contributed by atoms with Gasteiger partial charge in [-0.2, -0.15) is 0 Å². The van der Waals surface area contributed by atoms with Gasteiger partial charge in [-0.3, -0.25) is 9.78 Å². The van der Waals surface area contributed by atoms with Crippen molar-refractivity contribution in [2.24, 2.45) is 18.9 Å². The molecule has 0 saturated carbocycles. The maximum absolute atomic E-state index is 11.6. The molecule has 1 fully saturated rings. The van der Waals surface area contributed by atoms with Crippen LogP contribution in [-0.2, 0) is 11.8 Å². The average Bonchev–Trinajstić information content (AvgIpc) is 3.26. The van der Waals surface area contributed by atoms with E-state index in [1.165, 1.54) is 0 Å². The Morgan fingerprint density at radius 1 is 1.31 bits per heavy atom. The van der Waals surface area contributed by atoms with Crippen LogP contribution in [0.4, 0.5) is 0 Å². The van der Waals surface area contributed by atoms with Crippen LogP contribution in [-0.4, -0.2) is 68.1 Å². The molecule has 1 aliphatic rings. The van der Waals surface area contributed by atoms with Gasteiger partial charge in [0.25, 0.3) is 0 Å². The van der Waals surface area contributed by atoms with Crippen molar-refractivity contribution >= 4 is 28.6 Å². The number of aliphatic hydroxyl groups is 1. The predicted molar refractivity (Wildman–Crippen MR) is 137 cm³/mol. The molecule has 0 unspecified atom stereocenters. The summed E-state index contributed by atoms with van der Waals surface area (Å²) in [6.45, 7) is 2.67. The smallest absolute Gasteiger partial charge is 0.303 e. The first-order valence-electron chi connectivity index (χ1n) is 12.1. The number of likely N-dealkylation sites (tertiary alicyclic amines) is 1. The van der Waals surface area contributed by atoms with E-state index in [4.69, 9.17) is 4.74 Å². The number of methoxy groups -OCH3 is 1. The zero-order valence-corrected chi connectivity index (χ0v) is 21.2. The van der Waals surface area contributed by atoms with Crippen LogP contribution in [0.15, 0.2) is 48.0 Å². The highest BCUT2D eigenvalue weighted by atomic mass is 32.2. The van der Waals surface area contributed by atoms with Gasteiger partial charge in [-0.05, 0) is 67.5 Å². The molecule has 35 heavy (non-hydrogen) atoms. The summed E-state index contributed by atoms with van der Waals surface area (Å²) in [5.41, 5.74) is 1.66. The van der Waals surface area contributed by atoms with Crippen LogP contribution in [0.3, 0.4) is 0 Å². The Kier molecular flexibility index (Phi) is 8.64. The van der Waals surface area contributed by atoms with Gasteiger partial charge < -0.3 is 24.4 Å². The number of hydrogen-bond acceptors (Lipinski definition) is 7. The third kappa shape index (κ3) is 6.54. The van der Waals surface area contributed by atoms with Gasteiger partial charge in [0.1, 0.15) is 5.75 Å². The second-order valence-electron chi connectivity index (χ2n) is 9.27. The molecule has 3 atom stereocenters. The molecule has 1 saturated heterocycles. The lowest BCUT2D eigenvalue weighted by atomic mass is 9.79. The van der Waals surface area contributed by atoms with E-state index in [0.717, 1.165) is 65.5 Å². The number of aliphatic hydroxyl groups excluding tert-OH is 1. The molecule has 0 spiro atoms. The van der Waals surface area contributed by atoms with Crippen LogP contribution in [0.2, 0.25) is 0 Å². The number of piperidine rings is 1. The van der Waals surface area contributed by atoms with Crippen LogP contribution in [0.1, 0.15) is 37.4 Å². The Morgan fingerprint density at radius 3 is 2.91 bits per heavy atom. The Hall–Kier alpha value is -2.62. The molecule has 1 aliphatic heterocycles. The number of nitrogens with zero attached hydrogens (tertiary/aromatic N) is 4. The third-order valence-corrected chi connectivity index (χ3v) is 8.07. The van der Waals surface area contributed by atoms with Gasteiger partial charge in [0.15, 0.2) is 0 Å². The van der Waals surface area contributed by atoms with Gasteiger partial charge >= 0.3 is 5.97 Å². The van der Waals surface area contributed by atoms with Crippen molar-refractivity contribution in [3.05, 3.63) is 48.5 Å². The van der Waals surface area contributed by atoms with E-state index in [0.29, 0.717) is 6.42 Å². The van der Waals surface area contributed by atoms with Crippen molar-refractivity contribution < 1.29 is 19.7 Å². The standard InChI is InChI=1S/C26H34N4O4S/c1-29-17-27-15-25(29)35-12-11-30-10-8-18(19(16-30)13-26(32)33)3-6-24(31)21-7-9-28-23-5-4-20(34-2)14-22(21)23/h4-5,7,9,14-15,17-19,24,31H,3,6,8,10-13,16H2,1-2H3,(H,32,33)/t18-,19+,24-/m1/s1. The number of pyridine rings is 1. The van der Waals surface area contributed by atoms with E-state index in [1.54, 1.807) is 31.4 Å². The van der Waals surface area contributed by atoms with Crippen molar-refractivity contribution in [1.82, 2.24) is 19.4 Å². The molecule has 2 N–H and O–H groups in total. The summed E-state index contributed by atoms with van der Waals surface area (Å²) >= 11 is 1.77. The van der Waals surface area contributed by atoms with E-state index in [9.17, 15) is 15.0 Å². The second-order valence-corrected chi connectivity index (χ2v) is 10.4. The number of carboxylic acids is 1. The largest absolute Gasteiger partial charge is 0.497 e. The predicted octanol–water partition coefficient (Wildman–Crippen LogP) is 4.00. The first kappa shape index (κ1) is 25.5. The summed E-state index contributed by atoms with van der Waals surface area (Å²) in [5, 5.41) is 22.6. The summed E-state index contributed by atoms with van der Waals surface area (Å²) < 4.78 is 7.36. The highest BCUT2D eigenvalue weighted by molar-refractivity contribution is 7.99. The minimum absolute atomic E-state index is 0.0874. The number of ether oxygens (including phenoxy) is 1. The number of carbonyl (C=O) groups is 1. The van der Waals surface area contributed by atoms with E-state index in [-0.39, 0.29) is 18.3 Å². The molecular weight excluding hydrogens is 464 g/mol. The van der Waals surface area contributed by atoms with Crippen LogP contribution in [0.5, 0.6) is 5.75 Å². The van der Waals surface area contributed by atoms with E-state index in [2.05, 4.69) is 14.9 Å². The van der Waals surface area contributed by atoms with Gasteiger partial charge in [0.05, 0.1) is 36.3 Å². The van der Waals surface area contributed by atoms with Crippen molar-refractivity contribution in [2.45, 2.75) is 36.8 Å². The molecule has 8 nitrogen and oxygen atoms in total. The highest BCUT2D eigenvalue weighted by Crippen LogP contribution is 2.35. The zero-order valence-electron chi connectivity index (χ0n) is 20.3. The van der Waals surface area contributed by atoms with Gasteiger partial charge in [-0.15, -0.1) is 11.8 Å². The minimum Gasteiger partial charge on any atom is -0.497 e. The summed E-state index contributed by atoms with van der Waals surface area (Å²) in [7, 11) is 3.61. The lowest BCUT2D eigenvalue weighted by Crippen LogP contribution is -2.42. The molecule has 0 aliphatic carbocycles. The van der Waals surface area contributed by atoms with Crippen molar-refractivity contribution in [2.75, 3.05) is 32.5 Å². The SMILES string of the molecule is COc1ccc2nccc([C@H](O)CC[C@@H]3CCN(CCSc4cncn4C)C[C@@H]3CC(=O)O)c2c1. The Balaban J connectivity index is 1.35. The zero-order chi connectivity index (χ0) is 24.8. The topological polar surface area (TPSA) is 101 Å². The molecule has 2 aromatic heterocycles. The molecule has 4 rings (SSSR count). The fraction of sp³-hybridized carbons (Fsp3) is 0.500. The Bertz CT molecular complexity index is 1140. The Morgan fingerprint density at radius 2 is 2.17 bits per heavy atom. The lowest BCUT2D eigenvalue weighted by molar-refractivity contribution is -0.139. The quantitative estimate of drug-likeness (QED) is 0.383. The maximum Gasteiger partial charge on any atom is 0.303 e. The number of carboxylic acid groups (broad SMARTS) is 1. The highest BCUT2D eigenvalue weighted by Gasteiger charge is 2.31. The molecule has 3 aromatic rings. The fourth-order valence-electron chi connectivity index (χ4n) is 5.05. The monoisotopic (exact) mass is 498 g/mol. The number of thioether (sulfide) groups is 1. The number of aryl methyl sites for hydroxylation is 1. The summed E-state index contributed by atoms with van der Waals surface area (Å²) in [6, 6.07) is 7.54. The van der Waals surface area contributed by atoms with Gasteiger partial charge in [0, 0.05) is 43.9 Å². The molecule has 0 amide bonds. The molecule has 0 bridgehead atoms. The van der Waals surface area contributed by atoms with Gasteiger partial charge in [-0.1, -0.05) is 0 Å². The van der Waals surface area contributed by atoms with Crippen LogP contribution < -0.4 is 4.74 Å². The molecular formula is C26H34N4O4S. The van der Waals surface area contributed by atoms with Gasteiger partial charge in [-0.25, -0.2) is 4.98 Å². The van der Waals surface area contributed by atoms with Crippen molar-refractivity contribution in [3.63, 3.8) is 0 Å². The normalized spacial score (nSPS) is 19.6. The lowest BCUT2D eigenvalue weighted by Gasteiger charge is -2.38. The van der Waals surface area contributed by atoms with Crippen molar-refractivity contribution in [1.29, 1.82) is 0 Å². The minimum atomic E-state index is -0.751. The molecule has 188 valence electrons. The number of aromatic nitrogens is 3. The van der Waals surface area contributed by atoms with E-state index in [1.807, 2.05) is 42.1 Å². The van der Waals surface area contributed by atoms with Crippen LogP contribution in [0, 0.1) is 11.8 Å². The average molecular weight is 499 g/mol. The Labute approximate surface area is 210 Å². The van der Waals surface area contributed by atoms with Crippen LogP contribution >= 0.6 is 11.8 Å². The first-order valence-corrected chi connectivity index (χ1v) is 13.1.